The summed E-state index contributed by atoms with van der Waals surface area (Å²) in [5.41, 5.74) is 3.05. The van der Waals surface area contributed by atoms with Gasteiger partial charge in [-0.3, -0.25) is 4.90 Å². The molecule has 2 aliphatic heterocycles. The number of hydrogen-bond donors (Lipinski definition) is 4. The number of aliphatic carboxylic acids is 1. The molecule has 0 spiro atoms. The van der Waals surface area contributed by atoms with E-state index >= 15 is 0 Å². The van der Waals surface area contributed by atoms with Gasteiger partial charge >= 0.3 is 5.97 Å². The van der Waals surface area contributed by atoms with Gasteiger partial charge in [0.1, 0.15) is 24.9 Å². The van der Waals surface area contributed by atoms with Gasteiger partial charge in [-0.1, -0.05) is 43.3 Å². The normalized spacial score (nSPS) is 30.4. The summed E-state index contributed by atoms with van der Waals surface area (Å²) in [5, 5.41) is 40.6. The van der Waals surface area contributed by atoms with Crippen molar-refractivity contribution in [2.75, 3.05) is 13.1 Å². The van der Waals surface area contributed by atoms with E-state index in [1.165, 1.54) is 0 Å². The molecule has 209 valence electrons. The SMILES string of the molecule is CCCN1CCC[C@@H]2Cc3c(ccc(OCc4ccccc4)c3O[C@@H]3OC(C(=O)O)[C@@H](O)[C@H](O)[C@H]3O)C[C@H]21.[Y]. The largest absolute Gasteiger partial charge is 0.485 e. The fourth-order valence-corrected chi connectivity index (χ4v) is 6.10. The van der Waals surface area contributed by atoms with Gasteiger partial charge < -0.3 is 34.6 Å². The number of carbonyl (C=O) groups is 1. The molecule has 1 radical (unpaired) electrons. The molecule has 0 bridgehead atoms. The number of carboxylic acids is 1. The maximum Gasteiger partial charge on any atom is 0.335 e. The summed E-state index contributed by atoms with van der Waals surface area (Å²) in [6.45, 7) is 4.66. The predicted octanol–water partition coefficient (Wildman–Crippen LogP) is 2.12. The van der Waals surface area contributed by atoms with Crippen molar-refractivity contribution in [2.24, 2.45) is 5.92 Å². The Morgan fingerprint density at radius 3 is 2.54 bits per heavy atom. The molecule has 5 rings (SSSR count). The zero-order chi connectivity index (χ0) is 26.8. The molecule has 2 fully saturated rings. The summed E-state index contributed by atoms with van der Waals surface area (Å²) in [4.78, 5) is 14.2. The second-order valence-corrected chi connectivity index (χ2v) is 10.6. The predicted molar refractivity (Wildman–Crippen MR) is 138 cm³/mol. The minimum atomic E-state index is -1.78. The second kappa shape index (κ2) is 13.4. The van der Waals surface area contributed by atoms with Crippen molar-refractivity contribution in [1.29, 1.82) is 0 Å². The Morgan fingerprint density at radius 2 is 1.82 bits per heavy atom. The van der Waals surface area contributed by atoms with Crippen molar-refractivity contribution in [3.8, 4) is 11.5 Å². The van der Waals surface area contributed by atoms with Crippen LogP contribution >= 0.6 is 0 Å². The molecule has 2 aromatic carbocycles. The Morgan fingerprint density at radius 1 is 1.05 bits per heavy atom. The van der Waals surface area contributed by atoms with Crippen LogP contribution in [0.25, 0.3) is 0 Å². The maximum absolute atomic E-state index is 11.7. The van der Waals surface area contributed by atoms with Crippen LogP contribution in [-0.2, 0) is 61.7 Å². The van der Waals surface area contributed by atoms with Crippen molar-refractivity contribution in [2.45, 2.75) is 82.4 Å². The summed E-state index contributed by atoms with van der Waals surface area (Å²) >= 11 is 0. The zero-order valence-electron chi connectivity index (χ0n) is 22.2. The van der Waals surface area contributed by atoms with Crippen LogP contribution in [0.15, 0.2) is 42.5 Å². The Bertz CT molecular complexity index is 1120. The number of ether oxygens (including phenoxy) is 3. The van der Waals surface area contributed by atoms with Gasteiger partial charge in [0.2, 0.25) is 6.29 Å². The standard InChI is InChI=1S/C29H37NO8.Y/c1-2-12-30-13-6-9-19-14-20-18(15-21(19)30)10-11-22(36-16-17-7-4-3-5-8-17)26(20)37-29-25(33)23(31)24(32)27(38-29)28(34)35;/h3-5,7-8,10-11,19,21,23-25,27,29,31-33H,2,6,9,12-16H2,1H3,(H,34,35);/t19-,21-,23+,24+,25-,27?,29-;/m1./s1. The Hall–Kier alpha value is -1.59. The molecule has 3 aliphatic rings. The molecule has 4 N–H and O–H groups in total. The number of carboxylic acid groups (broad SMARTS) is 1. The van der Waals surface area contributed by atoms with Crippen LogP contribution in [0.5, 0.6) is 11.5 Å². The van der Waals surface area contributed by atoms with Crippen LogP contribution in [0, 0.1) is 5.92 Å². The molecule has 0 saturated carbocycles. The van der Waals surface area contributed by atoms with Crippen LogP contribution in [0.4, 0.5) is 0 Å². The third kappa shape index (κ3) is 6.51. The van der Waals surface area contributed by atoms with Crippen molar-refractivity contribution < 1.29 is 72.1 Å². The molecule has 1 unspecified atom stereocenters. The molecule has 10 heteroatoms. The van der Waals surface area contributed by atoms with E-state index in [2.05, 4.69) is 17.9 Å². The van der Waals surface area contributed by atoms with Gasteiger partial charge in [0.15, 0.2) is 17.6 Å². The summed E-state index contributed by atoms with van der Waals surface area (Å²) < 4.78 is 17.8. The number of nitrogens with zero attached hydrogens (tertiary/aromatic N) is 1. The van der Waals surface area contributed by atoms with Crippen LogP contribution in [0.1, 0.15) is 42.9 Å². The van der Waals surface area contributed by atoms with Crippen molar-refractivity contribution in [3.63, 3.8) is 0 Å². The first kappa shape index (κ1) is 30.4. The quantitative estimate of drug-likeness (QED) is 0.353. The first-order valence-electron chi connectivity index (χ1n) is 13.5. The minimum Gasteiger partial charge on any atom is -0.485 e. The Labute approximate surface area is 253 Å². The molecule has 9 nitrogen and oxygen atoms in total. The van der Waals surface area contributed by atoms with E-state index in [1.54, 1.807) is 0 Å². The van der Waals surface area contributed by atoms with Crippen molar-refractivity contribution in [1.82, 2.24) is 4.90 Å². The fraction of sp³-hybridized carbons (Fsp3) is 0.552. The average Bonchev–Trinajstić information content (AvgIpc) is 2.92. The zero-order valence-corrected chi connectivity index (χ0v) is 25.0. The topological polar surface area (TPSA) is 129 Å². The van der Waals surface area contributed by atoms with Gasteiger partial charge in [0.25, 0.3) is 0 Å². The van der Waals surface area contributed by atoms with E-state index in [-0.39, 0.29) is 32.7 Å². The van der Waals surface area contributed by atoms with E-state index in [0.717, 1.165) is 61.9 Å². The Kier molecular flexibility index (Phi) is 10.4. The molecular weight excluding hydrogens is 579 g/mol. The van der Waals surface area contributed by atoms with E-state index in [0.29, 0.717) is 30.1 Å². The first-order chi connectivity index (χ1) is 18.4. The van der Waals surface area contributed by atoms with Gasteiger partial charge in [0.05, 0.1) is 0 Å². The number of likely N-dealkylation sites (tertiary alicyclic amines) is 1. The van der Waals surface area contributed by atoms with Gasteiger partial charge in [-0.2, -0.15) is 0 Å². The van der Waals surface area contributed by atoms with Gasteiger partial charge in [-0.15, -0.1) is 0 Å². The molecule has 39 heavy (non-hydrogen) atoms. The third-order valence-electron chi connectivity index (χ3n) is 8.05. The van der Waals surface area contributed by atoms with E-state index in [4.69, 9.17) is 14.2 Å². The molecule has 0 amide bonds. The van der Waals surface area contributed by atoms with E-state index in [9.17, 15) is 25.2 Å². The number of benzene rings is 2. The van der Waals surface area contributed by atoms with Gasteiger partial charge in [-0.05, 0) is 68.3 Å². The third-order valence-corrected chi connectivity index (χ3v) is 8.05. The molecular formula is C29H37NO8Y. The molecule has 1 aliphatic carbocycles. The van der Waals surface area contributed by atoms with E-state index in [1.807, 2.05) is 36.4 Å². The van der Waals surface area contributed by atoms with E-state index < -0.39 is 36.7 Å². The van der Waals surface area contributed by atoms with Crippen LogP contribution in [0.3, 0.4) is 0 Å². The minimum absolute atomic E-state index is 0. The molecule has 2 saturated heterocycles. The van der Waals surface area contributed by atoms with Crippen molar-refractivity contribution >= 4 is 5.97 Å². The second-order valence-electron chi connectivity index (χ2n) is 10.6. The molecule has 0 aromatic heterocycles. The number of fused-ring (bicyclic) bond motifs is 2. The average molecular weight is 617 g/mol. The molecule has 2 heterocycles. The van der Waals surface area contributed by atoms with Gasteiger partial charge in [-0.25, -0.2) is 4.79 Å². The van der Waals surface area contributed by atoms with Gasteiger partial charge in [0, 0.05) is 44.3 Å². The Balaban J connectivity index is 0.00000353. The summed E-state index contributed by atoms with van der Waals surface area (Å²) in [7, 11) is 0. The number of aliphatic hydroxyl groups is 3. The van der Waals surface area contributed by atoms with Crippen LogP contribution in [-0.4, -0.2) is 81.1 Å². The smallest absolute Gasteiger partial charge is 0.335 e. The van der Waals surface area contributed by atoms with Crippen LogP contribution in [0.2, 0.25) is 0 Å². The first-order valence-corrected chi connectivity index (χ1v) is 13.5. The number of hydrogen-bond acceptors (Lipinski definition) is 8. The van der Waals surface area contributed by atoms with Crippen molar-refractivity contribution in [3.05, 3.63) is 59.2 Å². The fourth-order valence-electron chi connectivity index (χ4n) is 6.10. The summed E-state index contributed by atoms with van der Waals surface area (Å²) in [5.74, 6) is -0.170. The summed E-state index contributed by atoms with van der Waals surface area (Å²) in [6.07, 6.45) is -3.45. The molecule has 2 aromatic rings. The number of piperidine rings is 1. The van der Waals surface area contributed by atoms with Crippen LogP contribution < -0.4 is 9.47 Å². The maximum atomic E-state index is 11.7. The monoisotopic (exact) mass is 616 g/mol. The summed E-state index contributed by atoms with van der Waals surface area (Å²) in [6, 6.07) is 14.1. The molecule has 7 atom stereocenters. The number of aliphatic hydroxyl groups excluding tert-OH is 3. The number of rotatable bonds is 8.